The molecule has 0 radical (unpaired) electrons. The largest absolute Gasteiger partial charge is 0.496 e. The number of diazo groups is 1. The van der Waals surface area contributed by atoms with Crippen LogP contribution in [0.4, 0.5) is 5.69 Å². The lowest BCUT2D eigenvalue weighted by Gasteiger charge is -2.03. The summed E-state index contributed by atoms with van der Waals surface area (Å²) in [6.07, 6.45) is 0. The van der Waals surface area contributed by atoms with E-state index < -0.39 is 5.97 Å². The quantitative estimate of drug-likeness (QED) is 0.532. The summed E-state index contributed by atoms with van der Waals surface area (Å²) in [4.78, 5) is 14.2. The first kappa shape index (κ1) is 9.99. The van der Waals surface area contributed by atoms with Gasteiger partial charge in [0.15, 0.2) is 4.98 Å². The van der Waals surface area contributed by atoms with Crippen LogP contribution in [0.25, 0.3) is 4.98 Å². The third kappa shape index (κ3) is 1.80. The third-order valence-electron chi connectivity index (χ3n) is 1.71. The second-order valence-electron chi connectivity index (χ2n) is 2.48. The van der Waals surface area contributed by atoms with Gasteiger partial charge in [-0.3, -0.25) is 0 Å². The SMILES string of the molecule is COC(=O)c1ccc([N+]#N)cc1OC. The molecule has 1 aromatic rings. The van der Waals surface area contributed by atoms with Gasteiger partial charge in [-0.05, 0) is 6.07 Å². The standard InChI is InChI=1S/C9H9N2O3/c1-13-8-5-6(11-10)3-4-7(8)9(12)14-2/h3-5H,1-2H3/q+1. The van der Waals surface area contributed by atoms with Gasteiger partial charge in [0, 0.05) is 6.07 Å². The summed E-state index contributed by atoms with van der Waals surface area (Å²) >= 11 is 0. The molecule has 0 unspecified atom stereocenters. The van der Waals surface area contributed by atoms with Gasteiger partial charge in [0.25, 0.3) is 0 Å². The van der Waals surface area contributed by atoms with Crippen molar-refractivity contribution in [1.29, 1.82) is 5.39 Å². The Morgan fingerprint density at radius 2 is 2.14 bits per heavy atom. The van der Waals surface area contributed by atoms with Crippen LogP contribution in [0.5, 0.6) is 5.75 Å². The Morgan fingerprint density at radius 1 is 1.43 bits per heavy atom. The van der Waals surface area contributed by atoms with Crippen LogP contribution in [0.15, 0.2) is 18.2 Å². The van der Waals surface area contributed by atoms with E-state index in [0.717, 1.165) is 0 Å². The van der Waals surface area contributed by atoms with Gasteiger partial charge in [-0.15, -0.1) is 0 Å². The molecule has 0 aliphatic carbocycles. The zero-order valence-electron chi connectivity index (χ0n) is 7.85. The summed E-state index contributed by atoms with van der Waals surface area (Å²) < 4.78 is 9.48. The molecule has 0 heterocycles. The molecule has 0 N–H and O–H groups in total. The van der Waals surface area contributed by atoms with Crippen molar-refractivity contribution in [2.75, 3.05) is 14.2 Å². The molecule has 0 aliphatic rings. The second-order valence-corrected chi connectivity index (χ2v) is 2.48. The summed E-state index contributed by atoms with van der Waals surface area (Å²) in [6.45, 7) is 0. The maximum atomic E-state index is 11.2. The van der Waals surface area contributed by atoms with Crippen molar-refractivity contribution in [2.45, 2.75) is 0 Å². The zero-order chi connectivity index (χ0) is 10.6. The number of esters is 1. The van der Waals surface area contributed by atoms with Crippen LogP contribution in [0.3, 0.4) is 0 Å². The average molecular weight is 193 g/mol. The number of nitrogens with zero attached hydrogens (tertiary/aromatic N) is 2. The molecule has 5 nitrogen and oxygen atoms in total. The van der Waals surface area contributed by atoms with Crippen LogP contribution in [0, 0.1) is 5.39 Å². The molecule has 0 saturated heterocycles. The van der Waals surface area contributed by atoms with E-state index in [4.69, 9.17) is 10.1 Å². The Labute approximate surface area is 80.9 Å². The molecule has 0 bridgehead atoms. The van der Waals surface area contributed by atoms with E-state index >= 15 is 0 Å². The molecule has 0 aliphatic heterocycles. The van der Waals surface area contributed by atoms with Crippen LogP contribution >= 0.6 is 0 Å². The first-order chi connectivity index (χ1) is 6.72. The van der Waals surface area contributed by atoms with Crippen LogP contribution < -0.4 is 4.74 Å². The molecule has 0 fully saturated rings. The zero-order valence-corrected chi connectivity index (χ0v) is 7.85. The van der Waals surface area contributed by atoms with E-state index in [1.165, 1.54) is 32.4 Å². The number of carbonyl (C=O) groups excluding carboxylic acids is 1. The van der Waals surface area contributed by atoms with Crippen LogP contribution in [0.2, 0.25) is 0 Å². The molecule has 0 aromatic heterocycles. The summed E-state index contributed by atoms with van der Waals surface area (Å²) in [7, 11) is 2.70. The third-order valence-corrected chi connectivity index (χ3v) is 1.71. The molecule has 72 valence electrons. The summed E-state index contributed by atoms with van der Waals surface area (Å²) in [5.74, 6) is -0.182. The number of rotatable bonds is 2. The first-order valence-electron chi connectivity index (χ1n) is 3.84. The van der Waals surface area contributed by atoms with Crippen molar-refractivity contribution in [1.82, 2.24) is 0 Å². The van der Waals surface area contributed by atoms with Crippen LogP contribution in [-0.2, 0) is 4.74 Å². The number of hydrogen-bond acceptors (Lipinski definition) is 4. The Bertz CT molecular complexity index is 396. The van der Waals surface area contributed by atoms with Gasteiger partial charge < -0.3 is 9.47 Å². The van der Waals surface area contributed by atoms with E-state index in [1.54, 1.807) is 0 Å². The first-order valence-corrected chi connectivity index (χ1v) is 3.84. The predicted molar refractivity (Wildman–Crippen MR) is 49.1 cm³/mol. The fraction of sp³-hybridized carbons (Fsp3) is 0.222. The second kappa shape index (κ2) is 4.23. The number of hydrogen-bond donors (Lipinski definition) is 0. The smallest absolute Gasteiger partial charge is 0.388 e. The van der Waals surface area contributed by atoms with Gasteiger partial charge in [-0.25, -0.2) is 4.79 Å². The number of ether oxygens (including phenoxy) is 2. The number of methoxy groups -OCH3 is 2. The van der Waals surface area contributed by atoms with E-state index in [1.807, 2.05) is 0 Å². The summed E-state index contributed by atoms with van der Waals surface area (Å²) in [6, 6.07) is 4.39. The summed E-state index contributed by atoms with van der Waals surface area (Å²) in [5, 5.41) is 8.50. The van der Waals surface area contributed by atoms with Gasteiger partial charge in [0.2, 0.25) is 5.39 Å². The topological polar surface area (TPSA) is 63.7 Å². The van der Waals surface area contributed by atoms with Crippen molar-refractivity contribution in [2.24, 2.45) is 0 Å². The molecule has 14 heavy (non-hydrogen) atoms. The molecule has 1 rings (SSSR count). The number of carbonyl (C=O) groups is 1. The molecular formula is C9H9N2O3+. The van der Waals surface area contributed by atoms with E-state index in [-0.39, 0.29) is 0 Å². The van der Waals surface area contributed by atoms with Gasteiger partial charge in [0.05, 0.1) is 20.3 Å². The van der Waals surface area contributed by atoms with E-state index in [9.17, 15) is 4.79 Å². The molecule has 0 saturated carbocycles. The predicted octanol–water partition coefficient (Wildman–Crippen LogP) is 1.97. The molecule has 0 atom stereocenters. The normalized spacial score (nSPS) is 8.93. The lowest BCUT2D eigenvalue weighted by molar-refractivity contribution is 0.0597. The lowest BCUT2D eigenvalue weighted by atomic mass is 10.2. The minimum atomic E-state index is -0.494. The lowest BCUT2D eigenvalue weighted by Crippen LogP contribution is -2.03. The summed E-state index contributed by atoms with van der Waals surface area (Å²) in [5.41, 5.74) is 0.608. The van der Waals surface area contributed by atoms with Crippen molar-refractivity contribution < 1.29 is 14.3 Å². The highest BCUT2D eigenvalue weighted by Crippen LogP contribution is 2.25. The monoisotopic (exact) mass is 193 g/mol. The molecule has 0 spiro atoms. The van der Waals surface area contributed by atoms with Gasteiger partial charge in [-0.2, -0.15) is 0 Å². The molecule has 1 aromatic carbocycles. The van der Waals surface area contributed by atoms with E-state index in [2.05, 4.69) is 9.71 Å². The minimum absolute atomic E-state index is 0.294. The number of benzene rings is 1. The molecule has 5 heteroatoms. The molecular weight excluding hydrogens is 184 g/mol. The Hall–Kier alpha value is -2.09. The Kier molecular flexibility index (Phi) is 3.02. The Morgan fingerprint density at radius 3 is 2.64 bits per heavy atom. The highest BCUT2D eigenvalue weighted by Gasteiger charge is 2.16. The Balaban J connectivity index is 3.19. The highest BCUT2D eigenvalue weighted by molar-refractivity contribution is 5.93. The van der Waals surface area contributed by atoms with Crippen molar-refractivity contribution in [3.8, 4) is 5.75 Å². The van der Waals surface area contributed by atoms with Crippen molar-refractivity contribution in [3.63, 3.8) is 0 Å². The fourth-order valence-corrected chi connectivity index (χ4v) is 1.02. The highest BCUT2D eigenvalue weighted by atomic mass is 16.5. The fourth-order valence-electron chi connectivity index (χ4n) is 1.02. The average Bonchev–Trinajstić information content (AvgIpc) is 2.27. The van der Waals surface area contributed by atoms with Crippen molar-refractivity contribution >= 4 is 11.7 Å². The minimum Gasteiger partial charge on any atom is -0.496 e. The van der Waals surface area contributed by atoms with Crippen LogP contribution in [0.1, 0.15) is 10.4 Å². The maximum absolute atomic E-state index is 11.2. The molecule has 0 amide bonds. The van der Waals surface area contributed by atoms with Crippen LogP contribution in [-0.4, -0.2) is 20.2 Å². The van der Waals surface area contributed by atoms with E-state index in [0.29, 0.717) is 17.0 Å². The van der Waals surface area contributed by atoms with Crippen molar-refractivity contribution in [3.05, 3.63) is 28.7 Å². The van der Waals surface area contributed by atoms with Gasteiger partial charge in [-0.1, -0.05) is 0 Å². The maximum Gasteiger partial charge on any atom is 0.388 e. The van der Waals surface area contributed by atoms with Gasteiger partial charge >= 0.3 is 11.7 Å². The van der Waals surface area contributed by atoms with Gasteiger partial charge in [0.1, 0.15) is 11.3 Å².